The molecule has 0 aliphatic carbocycles. The van der Waals surface area contributed by atoms with Crippen molar-refractivity contribution in [1.29, 1.82) is 0 Å². The summed E-state index contributed by atoms with van der Waals surface area (Å²) in [6.45, 7) is 0.161. The van der Waals surface area contributed by atoms with E-state index in [1.165, 1.54) is 37.3 Å². The first kappa shape index (κ1) is 25.5. The number of carbonyl (C=O) groups excluding carboxylic acids is 2. The van der Waals surface area contributed by atoms with E-state index in [9.17, 15) is 19.1 Å². The number of rotatable bonds is 7. The number of hydrogen-bond acceptors (Lipinski definition) is 5. The molecule has 0 aromatic heterocycles. The van der Waals surface area contributed by atoms with E-state index in [-0.39, 0.29) is 45.0 Å². The number of amides is 1. The minimum Gasteiger partial charge on any atom is -0.507 e. The topological polar surface area (TPSA) is 76.1 Å². The summed E-state index contributed by atoms with van der Waals surface area (Å²) in [4.78, 5) is 27.8. The Bertz CT molecular complexity index is 1340. The van der Waals surface area contributed by atoms with Crippen molar-refractivity contribution in [3.05, 3.63) is 98.8 Å². The maximum Gasteiger partial charge on any atom is 0.295 e. The third-order valence-corrected chi connectivity index (χ3v) is 6.63. The summed E-state index contributed by atoms with van der Waals surface area (Å²) in [5, 5.41) is 11.5. The minimum absolute atomic E-state index is 0.0100. The number of methoxy groups -OCH3 is 2. The molecular weight excluding hydrogens is 508 g/mol. The van der Waals surface area contributed by atoms with E-state index in [1.807, 2.05) is 0 Å². The molecular formula is C27H22Cl2FNO5. The molecule has 0 radical (unpaired) electrons. The fourth-order valence-corrected chi connectivity index (χ4v) is 4.97. The van der Waals surface area contributed by atoms with E-state index in [1.54, 1.807) is 42.5 Å². The van der Waals surface area contributed by atoms with Crippen LogP contribution in [0.4, 0.5) is 4.39 Å². The zero-order chi connectivity index (χ0) is 26.0. The van der Waals surface area contributed by atoms with Gasteiger partial charge in [-0.15, -0.1) is 0 Å². The first-order chi connectivity index (χ1) is 17.3. The highest BCUT2D eigenvalue weighted by Gasteiger charge is 2.46. The standard InChI is InChI=1S/C27H22Cl2FNO5/c1-35-25-18(14-19(28)26(36-2)21(25)29)23(32)20-22(16-6-4-3-5-7-16)31(27(34)24(20)33)13-12-15-8-10-17(30)11-9-15/h3-11,14,22,32H,12-13H2,1-2H3/b23-20+. The summed E-state index contributed by atoms with van der Waals surface area (Å²) >= 11 is 12.7. The van der Waals surface area contributed by atoms with E-state index in [0.29, 0.717) is 12.0 Å². The lowest BCUT2D eigenvalue weighted by molar-refractivity contribution is -0.139. The van der Waals surface area contributed by atoms with Gasteiger partial charge in [0.1, 0.15) is 16.6 Å². The van der Waals surface area contributed by atoms with Crippen LogP contribution in [0.3, 0.4) is 0 Å². The van der Waals surface area contributed by atoms with Crippen LogP contribution < -0.4 is 9.47 Å². The molecule has 9 heteroatoms. The first-order valence-electron chi connectivity index (χ1n) is 11.0. The molecule has 1 aliphatic heterocycles. The van der Waals surface area contributed by atoms with E-state index < -0.39 is 23.5 Å². The largest absolute Gasteiger partial charge is 0.507 e. The number of aliphatic hydroxyl groups is 1. The highest BCUT2D eigenvalue weighted by molar-refractivity contribution is 6.47. The van der Waals surface area contributed by atoms with Crippen molar-refractivity contribution in [3.8, 4) is 11.5 Å². The molecule has 1 unspecified atom stereocenters. The number of Topliss-reactive ketones (excluding diaryl/α,β-unsaturated/α-hetero) is 1. The van der Waals surface area contributed by atoms with E-state index in [0.717, 1.165) is 5.56 Å². The Hall–Kier alpha value is -3.55. The second-order valence-electron chi connectivity index (χ2n) is 8.07. The van der Waals surface area contributed by atoms with Crippen LogP contribution in [0.5, 0.6) is 11.5 Å². The lowest BCUT2D eigenvalue weighted by Crippen LogP contribution is -2.31. The first-order valence-corrected chi connectivity index (χ1v) is 11.7. The van der Waals surface area contributed by atoms with E-state index in [4.69, 9.17) is 32.7 Å². The van der Waals surface area contributed by atoms with Gasteiger partial charge in [0.05, 0.1) is 36.4 Å². The molecule has 0 spiro atoms. The molecule has 1 amide bonds. The van der Waals surface area contributed by atoms with Crippen LogP contribution in [0.1, 0.15) is 22.7 Å². The molecule has 3 aromatic rings. The van der Waals surface area contributed by atoms with Crippen LogP contribution in [0, 0.1) is 5.82 Å². The van der Waals surface area contributed by atoms with Crippen LogP contribution in [-0.4, -0.2) is 42.5 Å². The van der Waals surface area contributed by atoms with Crippen LogP contribution >= 0.6 is 23.2 Å². The summed E-state index contributed by atoms with van der Waals surface area (Å²) in [5.41, 5.74) is 1.34. The van der Waals surface area contributed by atoms with Gasteiger partial charge >= 0.3 is 0 Å². The van der Waals surface area contributed by atoms with Gasteiger partial charge < -0.3 is 19.5 Å². The van der Waals surface area contributed by atoms with Gasteiger partial charge in [-0.05, 0) is 35.7 Å². The van der Waals surface area contributed by atoms with Gasteiger partial charge in [-0.1, -0.05) is 65.7 Å². The summed E-state index contributed by atoms with van der Waals surface area (Å²) in [6, 6.07) is 15.3. The smallest absolute Gasteiger partial charge is 0.295 e. The van der Waals surface area contributed by atoms with Gasteiger partial charge in [-0.2, -0.15) is 0 Å². The average Bonchev–Trinajstić information content (AvgIpc) is 3.13. The molecule has 1 fully saturated rings. The Morgan fingerprint density at radius 3 is 2.25 bits per heavy atom. The third kappa shape index (κ3) is 4.64. The predicted octanol–water partition coefficient (Wildman–Crippen LogP) is 5.81. The van der Waals surface area contributed by atoms with Gasteiger partial charge in [0, 0.05) is 6.54 Å². The fourth-order valence-electron chi connectivity index (χ4n) is 4.28. The summed E-state index contributed by atoms with van der Waals surface area (Å²) in [7, 11) is 2.73. The zero-order valence-corrected chi connectivity index (χ0v) is 20.9. The maximum atomic E-state index is 13.3. The van der Waals surface area contributed by atoms with Gasteiger partial charge in [-0.25, -0.2) is 4.39 Å². The van der Waals surface area contributed by atoms with Crippen molar-refractivity contribution in [2.24, 2.45) is 0 Å². The number of hydrogen-bond donors (Lipinski definition) is 1. The molecule has 0 bridgehead atoms. The molecule has 1 atom stereocenters. The molecule has 1 heterocycles. The number of halogens is 3. The fraction of sp³-hybridized carbons (Fsp3) is 0.185. The summed E-state index contributed by atoms with van der Waals surface area (Å²) in [5.74, 6) is -2.28. The SMILES string of the molecule is COc1c(Cl)cc(/C(O)=C2\C(=O)C(=O)N(CCc3ccc(F)cc3)C2c2ccccc2)c(OC)c1Cl. The van der Waals surface area contributed by atoms with Gasteiger partial charge in [-0.3, -0.25) is 9.59 Å². The quantitative estimate of drug-likeness (QED) is 0.237. The number of aliphatic hydroxyl groups excluding tert-OH is 1. The Balaban J connectivity index is 1.85. The molecule has 6 nitrogen and oxygen atoms in total. The van der Waals surface area contributed by atoms with E-state index >= 15 is 0 Å². The molecule has 0 saturated carbocycles. The van der Waals surface area contributed by atoms with Crippen molar-refractivity contribution in [1.82, 2.24) is 4.90 Å². The summed E-state index contributed by atoms with van der Waals surface area (Å²) in [6.07, 6.45) is 0.375. The Morgan fingerprint density at radius 2 is 1.64 bits per heavy atom. The van der Waals surface area contributed by atoms with Gasteiger partial charge in [0.2, 0.25) is 0 Å². The highest BCUT2D eigenvalue weighted by Crippen LogP contribution is 2.47. The van der Waals surface area contributed by atoms with E-state index in [2.05, 4.69) is 0 Å². The molecule has 4 rings (SSSR count). The number of nitrogens with zero attached hydrogens (tertiary/aromatic N) is 1. The molecule has 36 heavy (non-hydrogen) atoms. The Kier molecular flexibility index (Phi) is 7.52. The number of likely N-dealkylation sites (tertiary alicyclic amines) is 1. The van der Waals surface area contributed by atoms with Crippen molar-refractivity contribution < 1.29 is 28.6 Å². The van der Waals surface area contributed by atoms with Crippen molar-refractivity contribution in [2.75, 3.05) is 20.8 Å². The number of carbonyl (C=O) groups is 2. The Morgan fingerprint density at radius 1 is 1.00 bits per heavy atom. The lowest BCUT2D eigenvalue weighted by Gasteiger charge is -2.25. The molecule has 1 saturated heterocycles. The zero-order valence-electron chi connectivity index (χ0n) is 19.4. The monoisotopic (exact) mass is 529 g/mol. The molecule has 1 N–H and O–H groups in total. The number of benzene rings is 3. The molecule has 186 valence electrons. The second kappa shape index (κ2) is 10.6. The number of ether oxygens (including phenoxy) is 2. The van der Waals surface area contributed by atoms with Crippen LogP contribution in [0.2, 0.25) is 10.0 Å². The van der Waals surface area contributed by atoms with Crippen LogP contribution in [-0.2, 0) is 16.0 Å². The van der Waals surface area contributed by atoms with Gasteiger partial charge in [0.25, 0.3) is 11.7 Å². The van der Waals surface area contributed by atoms with Gasteiger partial charge in [0.15, 0.2) is 11.5 Å². The van der Waals surface area contributed by atoms with Crippen LogP contribution in [0.25, 0.3) is 5.76 Å². The predicted molar refractivity (Wildman–Crippen MR) is 135 cm³/mol. The van der Waals surface area contributed by atoms with Crippen molar-refractivity contribution in [3.63, 3.8) is 0 Å². The lowest BCUT2D eigenvalue weighted by atomic mass is 9.95. The molecule has 3 aromatic carbocycles. The second-order valence-corrected chi connectivity index (χ2v) is 8.85. The minimum atomic E-state index is -0.879. The van der Waals surface area contributed by atoms with Crippen molar-refractivity contribution >= 4 is 40.7 Å². The highest BCUT2D eigenvalue weighted by atomic mass is 35.5. The van der Waals surface area contributed by atoms with Crippen molar-refractivity contribution in [2.45, 2.75) is 12.5 Å². The summed E-state index contributed by atoms with van der Waals surface area (Å²) < 4.78 is 23.9. The normalized spacial score (nSPS) is 16.9. The third-order valence-electron chi connectivity index (χ3n) is 6.00. The van der Waals surface area contributed by atoms with Crippen LogP contribution in [0.15, 0.2) is 66.2 Å². The average molecular weight is 530 g/mol. The maximum absolute atomic E-state index is 13.3. The Labute approximate surface area is 217 Å². The molecule has 1 aliphatic rings. The number of ketones is 1.